The number of benzene rings is 1. The van der Waals surface area contributed by atoms with Crippen LogP contribution in [0.25, 0.3) is 0 Å². The summed E-state index contributed by atoms with van der Waals surface area (Å²) in [5, 5.41) is 6.73. The van der Waals surface area contributed by atoms with Gasteiger partial charge in [-0.05, 0) is 38.5 Å². The van der Waals surface area contributed by atoms with Crippen LogP contribution in [0.5, 0.6) is 0 Å². The van der Waals surface area contributed by atoms with Crippen LogP contribution in [0.1, 0.15) is 32.4 Å². The predicted molar refractivity (Wildman–Crippen MR) is 71.1 cm³/mol. The molecular formula is C13H19ClN2O. The smallest absolute Gasteiger partial charge is 0.234 e. The van der Waals surface area contributed by atoms with Gasteiger partial charge in [-0.2, -0.15) is 0 Å². The first kappa shape index (κ1) is 14.0. The van der Waals surface area contributed by atoms with Crippen molar-refractivity contribution in [2.75, 3.05) is 6.54 Å². The van der Waals surface area contributed by atoms with Crippen LogP contribution in [0.3, 0.4) is 0 Å². The van der Waals surface area contributed by atoms with E-state index in [1.807, 2.05) is 45.0 Å². The van der Waals surface area contributed by atoms with Crippen LogP contribution in [-0.4, -0.2) is 18.5 Å². The zero-order valence-corrected chi connectivity index (χ0v) is 11.2. The maximum Gasteiger partial charge on any atom is 0.234 e. The predicted octanol–water partition coefficient (Wildman–Crippen LogP) is 2.52. The van der Waals surface area contributed by atoms with Crippen molar-refractivity contribution >= 4 is 17.5 Å². The summed E-state index contributed by atoms with van der Waals surface area (Å²) in [6, 6.07) is 7.92. The Morgan fingerprint density at radius 1 is 1.24 bits per heavy atom. The van der Waals surface area contributed by atoms with E-state index in [1.54, 1.807) is 0 Å². The van der Waals surface area contributed by atoms with Crippen molar-refractivity contribution in [3.05, 3.63) is 34.9 Å². The highest BCUT2D eigenvalue weighted by atomic mass is 35.5. The highest BCUT2D eigenvalue weighted by molar-refractivity contribution is 6.30. The van der Waals surface area contributed by atoms with Crippen molar-refractivity contribution in [2.24, 2.45) is 0 Å². The van der Waals surface area contributed by atoms with Gasteiger partial charge < -0.3 is 10.6 Å². The standard InChI is InChI=1S/C13H19ClN2O/c1-9(2)16-13(17)8-15-10(3)11-4-6-12(14)7-5-11/h4-7,9-10,15H,8H2,1-3H3,(H,16,17)/t10-/m1/s1. The molecular weight excluding hydrogens is 236 g/mol. The minimum absolute atomic E-state index is 0.0146. The van der Waals surface area contributed by atoms with Gasteiger partial charge in [0.1, 0.15) is 0 Å². The third-order valence-electron chi connectivity index (χ3n) is 2.39. The molecule has 3 nitrogen and oxygen atoms in total. The highest BCUT2D eigenvalue weighted by Crippen LogP contribution is 2.15. The molecule has 0 heterocycles. The largest absolute Gasteiger partial charge is 0.353 e. The Bertz CT molecular complexity index is 362. The summed E-state index contributed by atoms with van der Waals surface area (Å²) < 4.78 is 0. The van der Waals surface area contributed by atoms with Gasteiger partial charge >= 0.3 is 0 Å². The fourth-order valence-electron chi connectivity index (χ4n) is 1.49. The van der Waals surface area contributed by atoms with Crippen LogP contribution in [-0.2, 0) is 4.79 Å². The average Bonchev–Trinajstić information content (AvgIpc) is 2.26. The van der Waals surface area contributed by atoms with Gasteiger partial charge in [0.05, 0.1) is 6.54 Å². The fraction of sp³-hybridized carbons (Fsp3) is 0.462. The lowest BCUT2D eigenvalue weighted by atomic mass is 10.1. The minimum atomic E-state index is 0.0146. The van der Waals surface area contributed by atoms with Crippen LogP contribution in [0.4, 0.5) is 0 Å². The molecule has 0 unspecified atom stereocenters. The number of carbonyl (C=O) groups is 1. The first-order valence-corrected chi connectivity index (χ1v) is 6.15. The lowest BCUT2D eigenvalue weighted by molar-refractivity contribution is -0.120. The van der Waals surface area contributed by atoms with Gasteiger partial charge in [0, 0.05) is 17.1 Å². The molecule has 17 heavy (non-hydrogen) atoms. The van der Waals surface area contributed by atoms with E-state index >= 15 is 0 Å². The summed E-state index contributed by atoms with van der Waals surface area (Å²) >= 11 is 5.82. The number of carbonyl (C=O) groups excluding carboxylic acids is 1. The molecule has 0 aromatic heterocycles. The second-order valence-corrected chi connectivity index (χ2v) is 4.81. The molecule has 0 aliphatic heterocycles. The Balaban J connectivity index is 2.42. The molecule has 1 amide bonds. The Kier molecular flexibility index (Phi) is 5.45. The lowest BCUT2D eigenvalue weighted by Crippen LogP contribution is -2.38. The van der Waals surface area contributed by atoms with E-state index in [2.05, 4.69) is 10.6 Å². The van der Waals surface area contributed by atoms with Gasteiger partial charge in [-0.1, -0.05) is 23.7 Å². The first-order valence-electron chi connectivity index (χ1n) is 5.77. The fourth-order valence-corrected chi connectivity index (χ4v) is 1.61. The van der Waals surface area contributed by atoms with Crippen molar-refractivity contribution in [3.63, 3.8) is 0 Å². The molecule has 0 aliphatic rings. The summed E-state index contributed by atoms with van der Waals surface area (Å²) in [4.78, 5) is 11.4. The summed E-state index contributed by atoms with van der Waals surface area (Å²) in [6.07, 6.45) is 0. The van der Waals surface area contributed by atoms with E-state index in [1.165, 1.54) is 0 Å². The molecule has 1 atom stereocenters. The number of nitrogens with one attached hydrogen (secondary N) is 2. The van der Waals surface area contributed by atoms with Crippen LogP contribution in [0, 0.1) is 0 Å². The summed E-state index contributed by atoms with van der Waals surface area (Å²) in [7, 11) is 0. The van der Waals surface area contributed by atoms with Crippen LogP contribution >= 0.6 is 11.6 Å². The van der Waals surface area contributed by atoms with Crippen molar-refractivity contribution in [2.45, 2.75) is 32.9 Å². The number of halogens is 1. The SMILES string of the molecule is CC(C)NC(=O)CN[C@H](C)c1ccc(Cl)cc1. The number of amides is 1. The maximum absolute atomic E-state index is 11.4. The number of hydrogen-bond acceptors (Lipinski definition) is 2. The molecule has 0 radical (unpaired) electrons. The topological polar surface area (TPSA) is 41.1 Å². The summed E-state index contributed by atoms with van der Waals surface area (Å²) in [5.41, 5.74) is 1.12. The molecule has 0 fully saturated rings. The molecule has 0 saturated heterocycles. The molecule has 1 rings (SSSR count). The Labute approximate surface area is 108 Å². The van der Waals surface area contributed by atoms with E-state index in [4.69, 9.17) is 11.6 Å². The van der Waals surface area contributed by atoms with E-state index < -0.39 is 0 Å². The Morgan fingerprint density at radius 3 is 2.35 bits per heavy atom. The first-order chi connectivity index (χ1) is 7.99. The second kappa shape index (κ2) is 6.62. The molecule has 94 valence electrons. The normalized spacial score (nSPS) is 12.5. The highest BCUT2D eigenvalue weighted by Gasteiger charge is 2.08. The van der Waals surface area contributed by atoms with E-state index in [9.17, 15) is 4.79 Å². The molecule has 0 spiro atoms. The van der Waals surface area contributed by atoms with Gasteiger partial charge in [0.15, 0.2) is 0 Å². The minimum Gasteiger partial charge on any atom is -0.353 e. The molecule has 1 aromatic carbocycles. The van der Waals surface area contributed by atoms with Gasteiger partial charge in [-0.25, -0.2) is 0 Å². The quantitative estimate of drug-likeness (QED) is 0.848. The van der Waals surface area contributed by atoms with Crippen molar-refractivity contribution in [3.8, 4) is 0 Å². The van der Waals surface area contributed by atoms with E-state index in [0.29, 0.717) is 6.54 Å². The monoisotopic (exact) mass is 254 g/mol. The maximum atomic E-state index is 11.4. The lowest BCUT2D eigenvalue weighted by Gasteiger charge is -2.15. The summed E-state index contributed by atoms with van der Waals surface area (Å²) in [5.74, 6) is 0.0146. The van der Waals surface area contributed by atoms with Crippen molar-refractivity contribution < 1.29 is 4.79 Å². The Hall–Kier alpha value is -1.06. The second-order valence-electron chi connectivity index (χ2n) is 4.38. The zero-order chi connectivity index (χ0) is 12.8. The van der Waals surface area contributed by atoms with Crippen molar-refractivity contribution in [1.82, 2.24) is 10.6 Å². The van der Waals surface area contributed by atoms with Crippen LogP contribution in [0.2, 0.25) is 5.02 Å². The van der Waals surface area contributed by atoms with E-state index in [-0.39, 0.29) is 18.0 Å². The van der Waals surface area contributed by atoms with Gasteiger partial charge in [0.25, 0.3) is 0 Å². The molecule has 4 heteroatoms. The van der Waals surface area contributed by atoms with Gasteiger partial charge in [-0.3, -0.25) is 4.79 Å². The third kappa shape index (κ3) is 5.20. The molecule has 0 bridgehead atoms. The zero-order valence-electron chi connectivity index (χ0n) is 10.5. The van der Waals surface area contributed by atoms with E-state index in [0.717, 1.165) is 10.6 Å². The molecule has 2 N–H and O–H groups in total. The summed E-state index contributed by atoms with van der Waals surface area (Å²) in [6.45, 7) is 6.23. The van der Waals surface area contributed by atoms with Gasteiger partial charge in [0.2, 0.25) is 5.91 Å². The van der Waals surface area contributed by atoms with Crippen LogP contribution in [0.15, 0.2) is 24.3 Å². The van der Waals surface area contributed by atoms with Crippen molar-refractivity contribution in [1.29, 1.82) is 0 Å². The number of rotatable bonds is 5. The molecule has 0 saturated carbocycles. The third-order valence-corrected chi connectivity index (χ3v) is 2.64. The van der Waals surface area contributed by atoms with Crippen LogP contribution < -0.4 is 10.6 Å². The van der Waals surface area contributed by atoms with Gasteiger partial charge in [-0.15, -0.1) is 0 Å². The average molecular weight is 255 g/mol. The molecule has 1 aromatic rings. The number of hydrogen-bond donors (Lipinski definition) is 2. The Morgan fingerprint density at radius 2 is 1.82 bits per heavy atom. The molecule has 0 aliphatic carbocycles.